The van der Waals surface area contributed by atoms with E-state index < -0.39 is 15.3 Å². The Labute approximate surface area is 164 Å². The van der Waals surface area contributed by atoms with Crippen LogP contribution in [-0.2, 0) is 22.4 Å². The van der Waals surface area contributed by atoms with E-state index in [2.05, 4.69) is 34.2 Å². The van der Waals surface area contributed by atoms with Gasteiger partial charge in [0.25, 0.3) is 0 Å². The quantitative estimate of drug-likeness (QED) is 0.166. The molecule has 3 aromatic rings. The van der Waals surface area contributed by atoms with Crippen molar-refractivity contribution < 1.29 is 37.6 Å². The summed E-state index contributed by atoms with van der Waals surface area (Å²) >= 11 is 0. The van der Waals surface area contributed by atoms with Gasteiger partial charge in [-0.1, -0.05) is 24.3 Å². The van der Waals surface area contributed by atoms with Gasteiger partial charge in [-0.15, -0.1) is 0 Å². The maximum atomic E-state index is 8.25. The molecule has 0 aliphatic carbocycles. The fraction of sp³-hybridized carbons (Fsp3) is 0. The Morgan fingerprint density at radius 2 is 0.852 bits per heavy atom. The molecule has 0 saturated carbocycles. The van der Waals surface area contributed by atoms with Gasteiger partial charge in [0.05, 0.1) is 26.3 Å². The van der Waals surface area contributed by atoms with E-state index in [1.54, 1.807) is 12.4 Å². The first-order valence-electron chi connectivity index (χ1n) is 6.18. The van der Waals surface area contributed by atoms with Gasteiger partial charge in [0.15, 0.2) is 0 Å². The molecule has 3 rings (SSSR count). The molecule has 0 unspecified atom stereocenters. The number of fused-ring (bicyclic) bond motifs is 3. The zero-order valence-corrected chi connectivity index (χ0v) is 15.0. The van der Waals surface area contributed by atoms with Crippen molar-refractivity contribution in [2.45, 2.75) is 0 Å². The summed E-state index contributed by atoms with van der Waals surface area (Å²) in [4.78, 5) is 33.4. The molecule has 0 bridgehead atoms. The predicted molar refractivity (Wildman–Crippen MR) is 88.1 cm³/mol. The monoisotopic (exact) mass is 563 g/mol. The van der Waals surface area contributed by atoms with Gasteiger partial charge < -0.3 is 46.0 Å². The third-order valence-electron chi connectivity index (χ3n) is 2.34. The third-order valence-corrected chi connectivity index (χ3v) is 2.34. The SMILES string of the molecule is O=[N+]([O-])[O-].O=[N+]([O-])[O-].O=[N+]([O-])[O-].[Au+3].c1cnc2c(c1)ccc1cccnc12. The standard InChI is InChI=1S/C12H8N2.Au.3NO3/c1-3-9-5-6-10-4-2-8-14-12(10)11(9)13-7-1;;3*2-1(3)4/h1-8H;;;;/q;+3;3*-1. The van der Waals surface area contributed by atoms with Crippen LogP contribution in [0.5, 0.6) is 0 Å². The van der Waals surface area contributed by atoms with E-state index >= 15 is 0 Å². The zero-order chi connectivity index (χ0) is 20.1. The van der Waals surface area contributed by atoms with Crippen LogP contribution in [0.1, 0.15) is 0 Å². The van der Waals surface area contributed by atoms with Crippen molar-refractivity contribution in [1.82, 2.24) is 9.97 Å². The molecule has 0 fully saturated rings. The van der Waals surface area contributed by atoms with Crippen LogP contribution in [0.2, 0.25) is 0 Å². The van der Waals surface area contributed by atoms with E-state index in [1.165, 1.54) is 0 Å². The van der Waals surface area contributed by atoms with Crippen LogP contribution in [-0.4, -0.2) is 25.2 Å². The van der Waals surface area contributed by atoms with Crippen LogP contribution in [0.4, 0.5) is 0 Å². The van der Waals surface area contributed by atoms with Crippen molar-refractivity contribution in [3.05, 3.63) is 94.8 Å². The number of pyridine rings is 2. The Morgan fingerprint density at radius 1 is 0.593 bits per heavy atom. The van der Waals surface area contributed by atoms with E-state index in [9.17, 15) is 0 Å². The van der Waals surface area contributed by atoms with Crippen molar-refractivity contribution >= 4 is 21.8 Å². The smallest absolute Gasteiger partial charge is 0.356 e. The van der Waals surface area contributed by atoms with Crippen molar-refractivity contribution in [3.8, 4) is 0 Å². The topological polar surface area (TPSA) is 224 Å². The van der Waals surface area contributed by atoms with Crippen molar-refractivity contribution in [2.24, 2.45) is 0 Å². The molecule has 146 valence electrons. The summed E-state index contributed by atoms with van der Waals surface area (Å²) in [6, 6.07) is 12.1. The van der Waals surface area contributed by atoms with E-state index in [-0.39, 0.29) is 22.4 Å². The molecule has 0 radical (unpaired) electrons. The Kier molecular flexibility index (Phi) is 12.9. The minimum Gasteiger partial charge on any atom is -0.356 e. The van der Waals surface area contributed by atoms with Crippen LogP contribution in [0.3, 0.4) is 0 Å². The number of aromatic nitrogens is 2. The Balaban J connectivity index is 0. The molecular weight excluding hydrogens is 555 g/mol. The molecule has 0 N–H and O–H groups in total. The number of rotatable bonds is 0. The third kappa shape index (κ3) is 12.4. The van der Waals surface area contributed by atoms with Crippen LogP contribution >= 0.6 is 0 Å². The molecular formula is C12H8AuN5O9. The normalized spacial score (nSPS) is 8.30. The summed E-state index contributed by atoms with van der Waals surface area (Å²) in [5, 5.41) is 46.5. The van der Waals surface area contributed by atoms with Gasteiger partial charge in [-0.2, -0.15) is 0 Å². The Hall–Kier alpha value is -3.62. The number of benzene rings is 1. The van der Waals surface area contributed by atoms with Crippen LogP contribution in [0.25, 0.3) is 21.8 Å². The molecule has 0 amide bonds. The van der Waals surface area contributed by atoms with Gasteiger partial charge in [-0.25, -0.2) is 0 Å². The van der Waals surface area contributed by atoms with Crippen LogP contribution in [0, 0.1) is 46.0 Å². The summed E-state index contributed by atoms with van der Waals surface area (Å²) in [6.45, 7) is 0. The van der Waals surface area contributed by atoms with Gasteiger partial charge in [0.2, 0.25) is 0 Å². The van der Waals surface area contributed by atoms with Gasteiger partial charge >= 0.3 is 22.4 Å². The summed E-state index contributed by atoms with van der Waals surface area (Å²) in [7, 11) is 0. The first-order chi connectivity index (χ1) is 12.1. The molecule has 15 heteroatoms. The van der Waals surface area contributed by atoms with E-state index in [0.29, 0.717) is 0 Å². The molecule has 0 atom stereocenters. The zero-order valence-electron chi connectivity index (χ0n) is 12.8. The first kappa shape index (κ1) is 25.6. The fourth-order valence-electron chi connectivity index (χ4n) is 1.68. The summed E-state index contributed by atoms with van der Waals surface area (Å²) in [6.07, 6.45) is 3.60. The van der Waals surface area contributed by atoms with Crippen molar-refractivity contribution in [3.63, 3.8) is 0 Å². The van der Waals surface area contributed by atoms with Gasteiger partial charge in [0.1, 0.15) is 0 Å². The largest absolute Gasteiger partial charge is 3.00 e. The van der Waals surface area contributed by atoms with Crippen LogP contribution < -0.4 is 0 Å². The van der Waals surface area contributed by atoms with E-state index in [1.807, 2.05) is 12.1 Å². The van der Waals surface area contributed by atoms with Crippen molar-refractivity contribution in [1.29, 1.82) is 0 Å². The summed E-state index contributed by atoms with van der Waals surface area (Å²) in [5.41, 5.74) is 1.95. The average Bonchev–Trinajstić information content (AvgIpc) is 2.53. The average molecular weight is 563 g/mol. The van der Waals surface area contributed by atoms with E-state index in [0.717, 1.165) is 21.8 Å². The second-order valence-corrected chi connectivity index (χ2v) is 3.89. The minimum absolute atomic E-state index is 0. The molecule has 0 aliphatic rings. The molecule has 1 aromatic carbocycles. The molecule has 2 heterocycles. The molecule has 0 saturated heterocycles. The summed E-state index contributed by atoms with van der Waals surface area (Å²) in [5.74, 6) is 0. The number of hydrogen-bond donors (Lipinski definition) is 0. The summed E-state index contributed by atoms with van der Waals surface area (Å²) < 4.78 is 0. The maximum absolute atomic E-state index is 8.25. The van der Waals surface area contributed by atoms with Crippen LogP contribution in [0.15, 0.2) is 48.8 Å². The Bertz CT molecular complexity index is 800. The fourth-order valence-corrected chi connectivity index (χ4v) is 1.68. The molecule has 27 heavy (non-hydrogen) atoms. The minimum atomic E-state index is -1.75. The van der Waals surface area contributed by atoms with Gasteiger partial charge in [-0.3, -0.25) is 9.97 Å². The number of nitrogens with zero attached hydrogens (tertiary/aromatic N) is 5. The Morgan fingerprint density at radius 3 is 1.11 bits per heavy atom. The second-order valence-electron chi connectivity index (χ2n) is 3.89. The number of hydrogen-bond acceptors (Lipinski definition) is 11. The molecule has 0 aliphatic heterocycles. The van der Waals surface area contributed by atoms with Gasteiger partial charge in [-0.05, 0) is 12.1 Å². The second kappa shape index (κ2) is 13.6. The van der Waals surface area contributed by atoms with Gasteiger partial charge in [0, 0.05) is 23.2 Å². The molecule has 0 spiro atoms. The van der Waals surface area contributed by atoms with Crippen molar-refractivity contribution in [2.75, 3.05) is 0 Å². The predicted octanol–water partition coefficient (Wildman–Crippen LogP) is 2.06. The first-order valence-corrected chi connectivity index (χ1v) is 6.18. The molecule has 2 aromatic heterocycles. The maximum Gasteiger partial charge on any atom is 3.00 e. The van der Waals surface area contributed by atoms with E-state index in [4.69, 9.17) is 46.0 Å². The molecule has 14 nitrogen and oxygen atoms in total.